The lowest BCUT2D eigenvalue weighted by Crippen LogP contribution is -2.58. The summed E-state index contributed by atoms with van der Waals surface area (Å²) >= 11 is 1.46. The molecule has 0 spiro atoms. The third-order valence-corrected chi connectivity index (χ3v) is 7.42. The molecule has 212 valence electrons. The first kappa shape index (κ1) is 30.5. The summed E-state index contributed by atoms with van der Waals surface area (Å²) in [4.78, 5) is 40.8. The van der Waals surface area contributed by atoms with Crippen molar-refractivity contribution < 1.29 is 24.2 Å². The highest BCUT2D eigenvalue weighted by Gasteiger charge is 2.40. The fourth-order valence-corrected chi connectivity index (χ4v) is 5.72. The van der Waals surface area contributed by atoms with Gasteiger partial charge in [0.25, 0.3) is 11.8 Å². The molecule has 0 aliphatic carbocycles. The zero-order valence-electron chi connectivity index (χ0n) is 23.5. The minimum atomic E-state index is -1.54. The van der Waals surface area contributed by atoms with Gasteiger partial charge in [-0.3, -0.25) is 14.4 Å². The third kappa shape index (κ3) is 8.73. The first-order valence-corrected chi connectivity index (χ1v) is 14.6. The number of rotatable bonds is 11. The Balaban J connectivity index is 1.74. The number of para-hydroxylation sites is 1. The molecule has 0 saturated carbocycles. The van der Waals surface area contributed by atoms with Crippen LogP contribution in [0.25, 0.3) is 0 Å². The van der Waals surface area contributed by atoms with Crippen LogP contribution in [-0.2, 0) is 27.2 Å². The van der Waals surface area contributed by atoms with Crippen molar-refractivity contribution in [2.45, 2.75) is 77.6 Å². The molecule has 0 unspecified atom stereocenters. The van der Waals surface area contributed by atoms with Crippen molar-refractivity contribution in [1.29, 1.82) is 0 Å². The second-order valence-electron chi connectivity index (χ2n) is 11.0. The standard InChI is InChI=1S/C30H41N3O5S/c1-6-11-22-15-10-12-20(2)27(22)38-17-25(34)31-23(16-21-13-8-7-9-14-21)26(35)29(37)33-19-39-18-24(33)28(36)32-30(3,4)5/h7-10,12-15,23-24,26,35H,6,11,16-19H2,1-5H3,(H,31,34)(H,32,36)/t23-,24-,26-/m0/s1. The molecule has 39 heavy (non-hydrogen) atoms. The van der Waals surface area contributed by atoms with Gasteiger partial charge in [-0.2, -0.15) is 0 Å². The van der Waals surface area contributed by atoms with Crippen molar-refractivity contribution in [2.24, 2.45) is 0 Å². The molecule has 0 bridgehead atoms. The van der Waals surface area contributed by atoms with Gasteiger partial charge in [-0.05, 0) is 57.2 Å². The molecule has 3 N–H and O–H groups in total. The normalized spacial score (nSPS) is 16.9. The summed E-state index contributed by atoms with van der Waals surface area (Å²) in [5.74, 6) is 0.145. The Hall–Kier alpha value is -3.04. The van der Waals surface area contributed by atoms with E-state index >= 15 is 0 Å². The van der Waals surface area contributed by atoms with Crippen LogP contribution in [0.5, 0.6) is 5.75 Å². The molecule has 1 aliphatic heterocycles. The van der Waals surface area contributed by atoms with E-state index in [1.807, 2.05) is 76.2 Å². The second-order valence-corrected chi connectivity index (χ2v) is 12.0. The first-order valence-electron chi connectivity index (χ1n) is 13.4. The summed E-state index contributed by atoms with van der Waals surface area (Å²) in [5, 5.41) is 17.0. The molecule has 8 nitrogen and oxygen atoms in total. The first-order chi connectivity index (χ1) is 18.5. The fraction of sp³-hybridized carbons (Fsp3) is 0.500. The number of nitrogens with one attached hydrogen (secondary N) is 2. The number of hydrogen-bond acceptors (Lipinski definition) is 6. The largest absolute Gasteiger partial charge is 0.483 e. The average Bonchev–Trinajstić information content (AvgIpc) is 3.37. The molecular formula is C30H41N3O5S. The Labute approximate surface area is 235 Å². The van der Waals surface area contributed by atoms with Crippen LogP contribution in [0.2, 0.25) is 0 Å². The van der Waals surface area contributed by atoms with E-state index < -0.39 is 35.5 Å². The Morgan fingerprint density at radius 2 is 1.85 bits per heavy atom. The zero-order valence-corrected chi connectivity index (χ0v) is 24.3. The molecule has 1 saturated heterocycles. The highest BCUT2D eigenvalue weighted by Crippen LogP contribution is 2.25. The van der Waals surface area contributed by atoms with Gasteiger partial charge in [0.1, 0.15) is 11.8 Å². The van der Waals surface area contributed by atoms with Crippen LogP contribution in [0.15, 0.2) is 48.5 Å². The van der Waals surface area contributed by atoms with Gasteiger partial charge in [-0.25, -0.2) is 0 Å². The lowest BCUT2D eigenvalue weighted by atomic mass is 9.99. The summed E-state index contributed by atoms with van der Waals surface area (Å²) < 4.78 is 5.92. The molecule has 2 aromatic rings. The molecule has 1 aliphatic rings. The van der Waals surface area contributed by atoms with Crippen LogP contribution in [0.4, 0.5) is 0 Å². The maximum absolute atomic E-state index is 13.5. The number of aliphatic hydroxyl groups excluding tert-OH is 1. The van der Waals surface area contributed by atoms with Gasteiger partial charge in [-0.1, -0.05) is 61.9 Å². The van der Waals surface area contributed by atoms with Crippen molar-refractivity contribution in [1.82, 2.24) is 15.5 Å². The van der Waals surface area contributed by atoms with Gasteiger partial charge in [0.2, 0.25) is 5.91 Å². The van der Waals surface area contributed by atoms with Crippen LogP contribution in [-0.4, -0.2) is 69.7 Å². The van der Waals surface area contributed by atoms with Gasteiger partial charge in [0, 0.05) is 11.3 Å². The number of ether oxygens (including phenoxy) is 1. The predicted molar refractivity (Wildman–Crippen MR) is 155 cm³/mol. The topological polar surface area (TPSA) is 108 Å². The van der Waals surface area contributed by atoms with Gasteiger partial charge in [-0.15, -0.1) is 11.8 Å². The number of carbonyl (C=O) groups excluding carboxylic acids is 3. The molecule has 3 rings (SSSR count). The van der Waals surface area contributed by atoms with Crippen LogP contribution in [0.1, 0.15) is 50.8 Å². The van der Waals surface area contributed by atoms with E-state index in [1.54, 1.807) is 0 Å². The number of nitrogens with zero attached hydrogens (tertiary/aromatic N) is 1. The highest BCUT2D eigenvalue weighted by atomic mass is 32.2. The van der Waals surface area contributed by atoms with Crippen molar-refractivity contribution in [3.8, 4) is 5.75 Å². The number of carbonyl (C=O) groups is 3. The molecule has 9 heteroatoms. The molecule has 0 radical (unpaired) electrons. The lowest BCUT2D eigenvalue weighted by Gasteiger charge is -2.31. The Morgan fingerprint density at radius 1 is 1.13 bits per heavy atom. The molecule has 3 amide bonds. The van der Waals surface area contributed by atoms with Crippen LogP contribution >= 0.6 is 11.8 Å². The highest BCUT2D eigenvalue weighted by molar-refractivity contribution is 7.99. The van der Waals surface area contributed by atoms with E-state index in [1.165, 1.54) is 16.7 Å². The molecular weight excluding hydrogens is 514 g/mol. The average molecular weight is 556 g/mol. The van der Waals surface area contributed by atoms with Gasteiger partial charge in [0.05, 0.1) is 11.9 Å². The Kier molecular flexibility index (Phi) is 10.8. The number of aliphatic hydroxyl groups is 1. The zero-order chi connectivity index (χ0) is 28.6. The maximum atomic E-state index is 13.5. The number of hydrogen-bond donors (Lipinski definition) is 3. The van der Waals surface area contributed by atoms with Crippen molar-refractivity contribution in [2.75, 3.05) is 18.2 Å². The van der Waals surface area contributed by atoms with Crippen molar-refractivity contribution in [3.05, 3.63) is 65.2 Å². The number of aryl methyl sites for hydroxylation is 2. The molecule has 0 aromatic heterocycles. The van der Waals surface area contributed by atoms with Crippen LogP contribution in [0, 0.1) is 6.92 Å². The van der Waals surface area contributed by atoms with E-state index in [2.05, 4.69) is 17.6 Å². The Bertz CT molecular complexity index is 1140. The number of amides is 3. The summed E-state index contributed by atoms with van der Waals surface area (Å²) in [6.07, 6.45) is 0.487. The van der Waals surface area contributed by atoms with E-state index in [0.717, 1.165) is 29.5 Å². The fourth-order valence-electron chi connectivity index (χ4n) is 4.55. The SMILES string of the molecule is CCCc1cccc(C)c1OCC(=O)N[C@@H](Cc1ccccc1)[C@H](O)C(=O)N1CSC[C@H]1C(=O)NC(C)(C)C. The van der Waals surface area contributed by atoms with E-state index in [4.69, 9.17) is 4.74 Å². The van der Waals surface area contributed by atoms with Gasteiger partial charge < -0.3 is 25.4 Å². The number of thioether (sulfide) groups is 1. The van der Waals surface area contributed by atoms with Crippen LogP contribution < -0.4 is 15.4 Å². The smallest absolute Gasteiger partial charge is 0.258 e. The van der Waals surface area contributed by atoms with E-state index in [9.17, 15) is 19.5 Å². The Morgan fingerprint density at radius 3 is 2.51 bits per heavy atom. The maximum Gasteiger partial charge on any atom is 0.258 e. The molecule has 2 aromatic carbocycles. The van der Waals surface area contributed by atoms with Gasteiger partial charge >= 0.3 is 0 Å². The van der Waals surface area contributed by atoms with Crippen molar-refractivity contribution >= 4 is 29.5 Å². The molecule has 1 heterocycles. The second kappa shape index (κ2) is 13.8. The van der Waals surface area contributed by atoms with Gasteiger partial charge in [0.15, 0.2) is 12.7 Å². The van der Waals surface area contributed by atoms with E-state index in [0.29, 0.717) is 17.4 Å². The number of benzene rings is 2. The lowest BCUT2D eigenvalue weighted by molar-refractivity contribution is -0.147. The minimum Gasteiger partial charge on any atom is -0.483 e. The quantitative estimate of drug-likeness (QED) is 0.393. The van der Waals surface area contributed by atoms with E-state index in [-0.39, 0.29) is 18.9 Å². The summed E-state index contributed by atoms with van der Waals surface area (Å²) in [6, 6.07) is 13.7. The summed E-state index contributed by atoms with van der Waals surface area (Å²) in [7, 11) is 0. The predicted octanol–water partition coefficient (Wildman–Crippen LogP) is 3.23. The molecule has 3 atom stereocenters. The monoisotopic (exact) mass is 555 g/mol. The summed E-state index contributed by atoms with van der Waals surface area (Å²) in [6.45, 7) is 9.41. The summed E-state index contributed by atoms with van der Waals surface area (Å²) in [5.41, 5.74) is 2.39. The van der Waals surface area contributed by atoms with Crippen molar-refractivity contribution in [3.63, 3.8) is 0 Å². The molecule has 1 fully saturated rings. The minimum absolute atomic E-state index is 0.241. The third-order valence-electron chi connectivity index (χ3n) is 6.41. The van der Waals surface area contributed by atoms with Crippen LogP contribution in [0.3, 0.4) is 0 Å².